The number of carboxylic acids is 1. The number of aromatic amines is 1. The van der Waals surface area contributed by atoms with Crippen LogP contribution in [-0.4, -0.2) is 21.3 Å². The molecule has 2 N–H and O–H groups in total. The zero-order valence-electron chi connectivity index (χ0n) is 10.0. The topological polar surface area (TPSA) is 66.0 Å². The third-order valence-electron chi connectivity index (χ3n) is 3.03. The number of rotatable bonds is 2. The van der Waals surface area contributed by atoms with Crippen LogP contribution in [0.3, 0.4) is 0 Å². The maximum Gasteiger partial charge on any atom is 0.337 e. The van der Waals surface area contributed by atoms with Crippen LogP contribution in [0.4, 0.5) is 0 Å². The molecule has 0 fully saturated rings. The minimum atomic E-state index is -1.03. The number of carboxylic acid groups (broad SMARTS) is 1. The van der Waals surface area contributed by atoms with E-state index in [1.54, 1.807) is 30.3 Å². The van der Waals surface area contributed by atoms with Gasteiger partial charge in [0.25, 0.3) is 0 Å². The lowest BCUT2D eigenvalue weighted by atomic mass is 10.1. The molecule has 2 aromatic carbocycles. The van der Waals surface area contributed by atoms with E-state index in [9.17, 15) is 4.79 Å². The highest BCUT2D eigenvalue weighted by atomic mass is 35.5. The summed E-state index contributed by atoms with van der Waals surface area (Å²) in [6.45, 7) is 0. The van der Waals surface area contributed by atoms with E-state index in [1.165, 1.54) is 6.07 Å². The summed E-state index contributed by atoms with van der Waals surface area (Å²) in [6.07, 6.45) is 0. The van der Waals surface area contributed by atoms with Gasteiger partial charge in [0.2, 0.25) is 0 Å². The van der Waals surface area contributed by atoms with E-state index < -0.39 is 5.97 Å². The average Bonchev–Trinajstić information content (AvgIpc) is 2.82. The molecular formula is C14H8Cl2N2O2. The number of nitrogens with one attached hydrogen (secondary N) is 1. The molecule has 0 aliphatic rings. The Morgan fingerprint density at radius 1 is 1.10 bits per heavy atom. The summed E-state index contributed by atoms with van der Waals surface area (Å²) in [5.41, 5.74) is 1.73. The Kier molecular flexibility index (Phi) is 3.12. The molecule has 1 aromatic heterocycles. The quantitative estimate of drug-likeness (QED) is 0.744. The zero-order valence-corrected chi connectivity index (χ0v) is 11.5. The molecule has 100 valence electrons. The Hall–Kier alpha value is -2.04. The van der Waals surface area contributed by atoms with E-state index in [1.807, 2.05) is 0 Å². The maximum absolute atomic E-state index is 11.2. The number of nitrogens with zero attached hydrogens (tertiary/aromatic N) is 1. The molecule has 0 saturated heterocycles. The summed E-state index contributed by atoms with van der Waals surface area (Å²) in [6, 6.07) is 10.1. The summed E-state index contributed by atoms with van der Waals surface area (Å²) in [5, 5.41) is 17.7. The normalized spacial score (nSPS) is 10.9. The molecule has 1 heterocycles. The zero-order chi connectivity index (χ0) is 14.3. The van der Waals surface area contributed by atoms with Crippen LogP contribution in [0.5, 0.6) is 0 Å². The van der Waals surface area contributed by atoms with Gasteiger partial charge in [-0.2, -0.15) is 5.10 Å². The summed E-state index contributed by atoms with van der Waals surface area (Å²) in [7, 11) is 0. The minimum Gasteiger partial charge on any atom is -0.478 e. The minimum absolute atomic E-state index is 0.133. The summed E-state index contributed by atoms with van der Waals surface area (Å²) >= 11 is 12.4. The molecule has 0 aliphatic carbocycles. The average molecular weight is 307 g/mol. The molecule has 6 heteroatoms. The predicted molar refractivity (Wildman–Crippen MR) is 78.5 cm³/mol. The van der Waals surface area contributed by atoms with Crippen molar-refractivity contribution in [3.8, 4) is 11.3 Å². The van der Waals surface area contributed by atoms with E-state index >= 15 is 0 Å². The van der Waals surface area contributed by atoms with Gasteiger partial charge in [-0.15, -0.1) is 0 Å². The summed E-state index contributed by atoms with van der Waals surface area (Å²) < 4.78 is 0. The van der Waals surface area contributed by atoms with Gasteiger partial charge in [-0.3, -0.25) is 5.10 Å². The molecule has 3 aromatic rings. The molecule has 0 radical (unpaired) electrons. The van der Waals surface area contributed by atoms with Gasteiger partial charge in [0.05, 0.1) is 21.3 Å². The van der Waals surface area contributed by atoms with E-state index in [2.05, 4.69) is 10.2 Å². The smallest absolute Gasteiger partial charge is 0.337 e. The highest BCUT2D eigenvalue weighted by Crippen LogP contribution is 2.37. The second-order valence-electron chi connectivity index (χ2n) is 4.20. The van der Waals surface area contributed by atoms with Gasteiger partial charge < -0.3 is 5.11 Å². The number of para-hydroxylation sites is 1. The monoisotopic (exact) mass is 306 g/mol. The molecule has 0 spiro atoms. The Labute approximate surface area is 123 Å². The van der Waals surface area contributed by atoms with Crippen LogP contribution in [-0.2, 0) is 0 Å². The van der Waals surface area contributed by atoms with Crippen LogP contribution in [0.1, 0.15) is 10.4 Å². The lowest BCUT2D eigenvalue weighted by Gasteiger charge is -2.05. The van der Waals surface area contributed by atoms with Gasteiger partial charge in [0.15, 0.2) is 0 Å². The van der Waals surface area contributed by atoms with Crippen LogP contribution < -0.4 is 0 Å². The maximum atomic E-state index is 11.2. The third kappa shape index (κ3) is 1.94. The molecule has 0 amide bonds. The molecule has 0 aliphatic heterocycles. The van der Waals surface area contributed by atoms with Crippen LogP contribution in [0.15, 0.2) is 36.4 Å². The first-order valence-electron chi connectivity index (χ1n) is 5.74. The number of hydrogen-bond acceptors (Lipinski definition) is 2. The van der Waals surface area contributed by atoms with E-state index in [-0.39, 0.29) is 5.56 Å². The molecule has 3 rings (SSSR count). The molecule has 4 nitrogen and oxygen atoms in total. The summed E-state index contributed by atoms with van der Waals surface area (Å²) in [5.74, 6) is -1.03. The van der Waals surface area contributed by atoms with Crippen molar-refractivity contribution in [2.75, 3.05) is 0 Å². The van der Waals surface area contributed by atoms with Gasteiger partial charge in [0, 0.05) is 10.9 Å². The SMILES string of the molecule is O=C(O)c1cccc2c(-c3c(Cl)cccc3Cl)[nH]nc12. The highest BCUT2D eigenvalue weighted by molar-refractivity contribution is 6.39. The van der Waals surface area contributed by atoms with Crippen molar-refractivity contribution >= 4 is 40.1 Å². The number of H-pyrrole nitrogens is 1. The highest BCUT2D eigenvalue weighted by Gasteiger charge is 2.17. The number of halogens is 2. The van der Waals surface area contributed by atoms with Crippen LogP contribution in [0.2, 0.25) is 10.0 Å². The molecule has 0 atom stereocenters. The third-order valence-corrected chi connectivity index (χ3v) is 3.66. The van der Waals surface area contributed by atoms with Crippen molar-refractivity contribution < 1.29 is 9.90 Å². The van der Waals surface area contributed by atoms with Gasteiger partial charge in [-0.25, -0.2) is 4.79 Å². The van der Waals surface area contributed by atoms with Gasteiger partial charge in [0.1, 0.15) is 5.52 Å². The van der Waals surface area contributed by atoms with Crippen LogP contribution >= 0.6 is 23.2 Å². The number of aromatic nitrogens is 2. The largest absolute Gasteiger partial charge is 0.478 e. The van der Waals surface area contributed by atoms with Crippen molar-refractivity contribution in [1.29, 1.82) is 0 Å². The fourth-order valence-corrected chi connectivity index (χ4v) is 2.72. The molecule has 0 unspecified atom stereocenters. The number of aromatic carboxylic acids is 1. The first-order valence-corrected chi connectivity index (χ1v) is 6.50. The lowest BCUT2D eigenvalue weighted by molar-refractivity contribution is 0.0699. The second-order valence-corrected chi connectivity index (χ2v) is 5.02. The lowest BCUT2D eigenvalue weighted by Crippen LogP contribution is -1.96. The molecule has 0 saturated carbocycles. The Bertz CT molecular complexity index is 807. The number of fused-ring (bicyclic) bond motifs is 1. The Morgan fingerprint density at radius 3 is 2.40 bits per heavy atom. The Balaban J connectivity index is 2.34. The van der Waals surface area contributed by atoms with Crippen molar-refractivity contribution in [1.82, 2.24) is 10.2 Å². The van der Waals surface area contributed by atoms with Crippen LogP contribution in [0.25, 0.3) is 22.2 Å². The number of carbonyl (C=O) groups is 1. The predicted octanol–water partition coefficient (Wildman–Crippen LogP) is 4.23. The summed E-state index contributed by atoms with van der Waals surface area (Å²) in [4.78, 5) is 11.2. The van der Waals surface area contributed by atoms with Crippen molar-refractivity contribution in [3.05, 3.63) is 52.0 Å². The van der Waals surface area contributed by atoms with Gasteiger partial charge >= 0.3 is 5.97 Å². The first kappa shape index (κ1) is 13.0. The van der Waals surface area contributed by atoms with E-state index in [4.69, 9.17) is 28.3 Å². The van der Waals surface area contributed by atoms with Crippen molar-refractivity contribution in [2.45, 2.75) is 0 Å². The van der Waals surface area contributed by atoms with Gasteiger partial charge in [-0.05, 0) is 18.2 Å². The van der Waals surface area contributed by atoms with Crippen molar-refractivity contribution in [2.24, 2.45) is 0 Å². The molecular weight excluding hydrogens is 299 g/mol. The van der Waals surface area contributed by atoms with Crippen molar-refractivity contribution in [3.63, 3.8) is 0 Å². The fourth-order valence-electron chi connectivity index (χ4n) is 2.14. The van der Waals surface area contributed by atoms with Crippen LogP contribution in [0, 0.1) is 0 Å². The first-order chi connectivity index (χ1) is 9.59. The Morgan fingerprint density at radius 2 is 1.75 bits per heavy atom. The van der Waals surface area contributed by atoms with E-state index in [0.717, 1.165) is 0 Å². The molecule has 0 bridgehead atoms. The van der Waals surface area contributed by atoms with Gasteiger partial charge in [-0.1, -0.05) is 41.4 Å². The fraction of sp³-hybridized carbons (Fsp3) is 0. The number of benzene rings is 2. The number of hydrogen-bond donors (Lipinski definition) is 2. The standard InChI is InChI=1S/C14H8Cl2N2O2/c15-9-5-2-6-10(16)11(9)13-7-3-1-4-8(14(19)20)12(7)17-18-13/h1-6H,(H,17,18)(H,19,20). The molecule has 20 heavy (non-hydrogen) atoms. The second kappa shape index (κ2) is 4.81. The van der Waals surface area contributed by atoms with E-state index in [0.29, 0.717) is 32.2 Å².